The van der Waals surface area contributed by atoms with Crippen LogP contribution in [0.3, 0.4) is 0 Å². The Hall–Kier alpha value is -1.37. The number of ketones is 1. The van der Waals surface area contributed by atoms with Gasteiger partial charge in [-0.1, -0.05) is 29.8 Å². The number of carbonyl (C=O) groups is 1. The predicted octanol–water partition coefficient (Wildman–Crippen LogP) is 3.52. The molecule has 78 valence electrons. The van der Waals surface area contributed by atoms with Gasteiger partial charge >= 0.3 is 0 Å². The molecule has 2 rings (SSSR count). The van der Waals surface area contributed by atoms with Gasteiger partial charge in [0.15, 0.2) is 5.78 Å². The Balaban J connectivity index is 2.32. The van der Waals surface area contributed by atoms with Gasteiger partial charge in [-0.05, 0) is 43.4 Å². The number of hydrogen-bond acceptors (Lipinski definition) is 1. The van der Waals surface area contributed by atoms with Crippen LogP contribution in [-0.2, 0) is 4.79 Å². The molecule has 0 saturated carbocycles. The van der Waals surface area contributed by atoms with E-state index in [1.54, 1.807) is 0 Å². The first-order chi connectivity index (χ1) is 7.25. The highest BCUT2D eigenvalue weighted by atomic mass is 16.1. The minimum absolute atomic E-state index is 0.281. The van der Waals surface area contributed by atoms with Gasteiger partial charge in [-0.25, -0.2) is 0 Å². The average Bonchev–Trinajstić information content (AvgIpc) is 2.43. The van der Waals surface area contributed by atoms with Crippen LogP contribution in [0.25, 0.3) is 5.57 Å². The standard InChI is InChI=1S/C14H16O/c1-11-5-4-7-12(9-11)13-6-2-3-8-14(15)10-13/h4-5,7,9-10H,2-3,6,8H2,1H3. The molecule has 1 aromatic rings. The van der Waals surface area contributed by atoms with Crippen LogP contribution in [0.1, 0.15) is 36.8 Å². The molecule has 15 heavy (non-hydrogen) atoms. The Morgan fingerprint density at radius 3 is 2.73 bits per heavy atom. The molecule has 1 aliphatic carbocycles. The van der Waals surface area contributed by atoms with Crippen molar-refractivity contribution < 1.29 is 4.79 Å². The van der Waals surface area contributed by atoms with E-state index in [-0.39, 0.29) is 5.78 Å². The summed E-state index contributed by atoms with van der Waals surface area (Å²) in [4.78, 5) is 11.5. The summed E-state index contributed by atoms with van der Waals surface area (Å²) < 4.78 is 0. The molecule has 0 heterocycles. The third-order valence-corrected chi connectivity index (χ3v) is 2.84. The summed E-state index contributed by atoms with van der Waals surface area (Å²) >= 11 is 0. The van der Waals surface area contributed by atoms with E-state index in [0.717, 1.165) is 25.7 Å². The normalized spacial score (nSPS) is 17.1. The van der Waals surface area contributed by atoms with Crippen molar-refractivity contribution in [2.75, 3.05) is 0 Å². The maximum atomic E-state index is 11.5. The zero-order valence-electron chi connectivity index (χ0n) is 9.12. The smallest absolute Gasteiger partial charge is 0.155 e. The molecule has 1 nitrogen and oxygen atoms in total. The molecular formula is C14H16O. The van der Waals surface area contributed by atoms with Gasteiger partial charge in [0, 0.05) is 6.42 Å². The molecule has 0 atom stereocenters. The van der Waals surface area contributed by atoms with Crippen molar-refractivity contribution in [2.45, 2.75) is 32.6 Å². The van der Waals surface area contributed by atoms with Crippen LogP contribution in [-0.4, -0.2) is 5.78 Å². The lowest BCUT2D eigenvalue weighted by Crippen LogP contribution is -1.90. The van der Waals surface area contributed by atoms with Gasteiger partial charge in [-0.3, -0.25) is 4.79 Å². The molecule has 0 saturated heterocycles. The van der Waals surface area contributed by atoms with Gasteiger partial charge in [0.05, 0.1) is 0 Å². The minimum atomic E-state index is 0.281. The lowest BCUT2D eigenvalue weighted by atomic mass is 10.00. The fraction of sp³-hybridized carbons (Fsp3) is 0.357. The molecule has 0 radical (unpaired) electrons. The second kappa shape index (κ2) is 4.43. The van der Waals surface area contributed by atoms with Crippen molar-refractivity contribution in [1.29, 1.82) is 0 Å². The highest BCUT2D eigenvalue weighted by molar-refractivity contribution is 5.97. The van der Waals surface area contributed by atoms with Gasteiger partial charge in [0.25, 0.3) is 0 Å². The third-order valence-electron chi connectivity index (χ3n) is 2.84. The van der Waals surface area contributed by atoms with E-state index in [1.807, 2.05) is 6.08 Å². The Bertz CT molecular complexity index is 402. The van der Waals surface area contributed by atoms with Crippen molar-refractivity contribution in [3.63, 3.8) is 0 Å². The SMILES string of the molecule is Cc1cccc(C2=CC(=O)CCCC2)c1. The summed E-state index contributed by atoms with van der Waals surface area (Å²) in [6.07, 6.45) is 5.75. The molecular weight excluding hydrogens is 184 g/mol. The van der Waals surface area contributed by atoms with E-state index in [1.165, 1.54) is 16.7 Å². The first kappa shape index (κ1) is 10.2. The van der Waals surface area contributed by atoms with Gasteiger partial charge in [0.2, 0.25) is 0 Å². The lowest BCUT2D eigenvalue weighted by Gasteiger charge is -2.05. The fourth-order valence-corrected chi connectivity index (χ4v) is 2.03. The van der Waals surface area contributed by atoms with E-state index in [2.05, 4.69) is 31.2 Å². The summed E-state index contributed by atoms with van der Waals surface area (Å²) in [7, 11) is 0. The Labute approximate surface area is 90.8 Å². The first-order valence-corrected chi connectivity index (χ1v) is 5.56. The zero-order chi connectivity index (χ0) is 10.7. The molecule has 0 N–H and O–H groups in total. The number of hydrogen-bond donors (Lipinski definition) is 0. The molecule has 0 aromatic heterocycles. The van der Waals surface area contributed by atoms with Crippen molar-refractivity contribution in [2.24, 2.45) is 0 Å². The summed E-state index contributed by atoms with van der Waals surface area (Å²) in [6, 6.07) is 8.39. The topological polar surface area (TPSA) is 17.1 Å². The Morgan fingerprint density at radius 1 is 1.13 bits per heavy atom. The summed E-state index contributed by atoms with van der Waals surface area (Å²) in [5, 5.41) is 0. The molecule has 0 unspecified atom stereocenters. The molecule has 1 aliphatic rings. The number of rotatable bonds is 1. The molecule has 0 spiro atoms. The highest BCUT2D eigenvalue weighted by Crippen LogP contribution is 2.25. The van der Waals surface area contributed by atoms with Crippen LogP contribution in [0.5, 0.6) is 0 Å². The van der Waals surface area contributed by atoms with Crippen molar-refractivity contribution in [3.05, 3.63) is 41.5 Å². The number of aryl methyl sites for hydroxylation is 1. The van der Waals surface area contributed by atoms with Crippen molar-refractivity contribution >= 4 is 11.4 Å². The average molecular weight is 200 g/mol. The number of allylic oxidation sites excluding steroid dienone is 2. The molecule has 1 aromatic carbocycles. The van der Waals surface area contributed by atoms with Crippen LogP contribution in [0.15, 0.2) is 30.3 Å². The van der Waals surface area contributed by atoms with Crippen molar-refractivity contribution in [3.8, 4) is 0 Å². The summed E-state index contributed by atoms with van der Waals surface area (Å²) in [5.74, 6) is 0.281. The van der Waals surface area contributed by atoms with Crippen molar-refractivity contribution in [1.82, 2.24) is 0 Å². The second-order valence-corrected chi connectivity index (χ2v) is 4.21. The van der Waals surface area contributed by atoms with Crippen LogP contribution < -0.4 is 0 Å². The quantitative estimate of drug-likeness (QED) is 0.678. The Morgan fingerprint density at radius 2 is 1.93 bits per heavy atom. The van der Waals surface area contributed by atoms with Gasteiger partial charge in [-0.15, -0.1) is 0 Å². The van der Waals surface area contributed by atoms with Crippen LogP contribution >= 0.6 is 0 Å². The van der Waals surface area contributed by atoms with Crippen LogP contribution in [0.2, 0.25) is 0 Å². The maximum absolute atomic E-state index is 11.5. The van der Waals surface area contributed by atoms with E-state index < -0.39 is 0 Å². The van der Waals surface area contributed by atoms with Gasteiger partial charge < -0.3 is 0 Å². The molecule has 0 bridgehead atoms. The first-order valence-electron chi connectivity index (χ1n) is 5.56. The van der Waals surface area contributed by atoms with E-state index in [9.17, 15) is 4.79 Å². The fourth-order valence-electron chi connectivity index (χ4n) is 2.03. The lowest BCUT2D eigenvalue weighted by molar-refractivity contribution is -0.114. The Kier molecular flexibility index (Phi) is 3.00. The zero-order valence-corrected chi connectivity index (χ0v) is 9.12. The molecule has 0 amide bonds. The second-order valence-electron chi connectivity index (χ2n) is 4.21. The summed E-state index contributed by atoms with van der Waals surface area (Å²) in [5.41, 5.74) is 3.68. The number of carbonyl (C=O) groups excluding carboxylic acids is 1. The van der Waals surface area contributed by atoms with Gasteiger partial charge in [0.1, 0.15) is 0 Å². The predicted molar refractivity (Wildman–Crippen MR) is 62.6 cm³/mol. The van der Waals surface area contributed by atoms with Crippen LogP contribution in [0, 0.1) is 6.92 Å². The van der Waals surface area contributed by atoms with Gasteiger partial charge in [-0.2, -0.15) is 0 Å². The molecule has 0 aliphatic heterocycles. The third kappa shape index (κ3) is 2.56. The van der Waals surface area contributed by atoms with E-state index in [4.69, 9.17) is 0 Å². The van der Waals surface area contributed by atoms with E-state index in [0.29, 0.717) is 0 Å². The summed E-state index contributed by atoms with van der Waals surface area (Å²) in [6.45, 7) is 2.09. The van der Waals surface area contributed by atoms with E-state index >= 15 is 0 Å². The largest absolute Gasteiger partial charge is 0.295 e. The number of benzene rings is 1. The van der Waals surface area contributed by atoms with Crippen LogP contribution in [0.4, 0.5) is 0 Å². The minimum Gasteiger partial charge on any atom is -0.295 e. The highest BCUT2D eigenvalue weighted by Gasteiger charge is 2.09. The monoisotopic (exact) mass is 200 g/mol. The molecule has 0 fully saturated rings. The maximum Gasteiger partial charge on any atom is 0.155 e. The molecule has 1 heteroatoms.